The highest BCUT2D eigenvalue weighted by atomic mass is 16.5. The van der Waals surface area contributed by atoms with Crippen LogP contribution in [0.15, 0.2) is 83.5 Å². The summed E-state index contributed by atoms with van der Waals surface area (Å²) in [5.74, 6) is 0.716. The summed E-state index contributed by atoms with van der Waals surface area (Å²) in [6.45, 7) is 2.40. The predicted octanol–water partition coefficient (Wildman–Crippen LogP) is 3.88. The topological polar surface area (TPSA) is 89.6 Å². The number of nitrogens with one attached hydrogen (secondary N) is 1. The van der Waals surface area contributed by atoms with Crippen LogP contribution in [0.25, 0.3) is 11.3 Å². The third-order valence-corrected chi connectivity index (χ3v) is 6.38. The molecule has 2 amide bonds. The first-order chi connectivity index (χ1) is 17.0. The van der Waals surface area contributed by atoms with E-state index in [2.05, 4.69) is 10.4 Å². The first kappa shape index (κ1) is 22.5. The third kappa shape index (κ3) is 4.19. The number of amides is 2. The van der Waals surface area contributed by atoms with Gasteiger partial charge in [-0.25, -0.2) is 0 Å². The second-order valence-electron chi connectivity index (χ2n) is 8.68. The number of benzene rings is 2. The highest BCUT2D eigenvalue weighted by molar-refractivity contribution is 6.00. The maximum atomic E-state index is 13.7. The molecule has 1 aliphatic heterocycles. The summed E-state index contributed by atoms with van der Waals surface area (Å²) < 4.78 is 12.6. The van der Waals surface area contributed by atoms with Crippen LogP contribution in [0.4, 0.5) is 0 Å². The van der Waals surface area contributed by atoms with E-state index in [0.717, 1.165) is 11.1 Å². The Balaban J connectivity index is 1.48. The second-order valence-corrected chi connectivity index (χ2v) is 8.68. The molecule has 1 N–H and O–H groups in total. The van der Waals surface area contributed by atoms with Crippen LogP contribution in [-0.2, 0) is 24.4 Å². The molecule has 0 spiro atoms. The molecule has 2 aromatic carbocycles. The van der Waals surface area contributed by atoms with E-state index in [4.69, 9.17) is 9.15 Å². The number of furan rings is 1. The molecule has 1 atom stereocenters. The van der Waals surface area contributed by atoms with E-state index in [9.17, 15) is 9.59 Å². The summed E-state index contributed by atoms with van der Waals surface area (Å²) in [5.41, 5.74) is 1.68. The van der Waals surface area contributed by atoms with Gasteiger partial charge in [-0.3, -0.25) is 14.3 Å². The first-order valence-electron chi connectivity index (χ1n) is 11.4. The van der Waals surface area contributed by atoms with E-state index in [1.165, 1.54) is 0 Å². The van der Waals surface area contributed by atoms with Crippen LogP contribution < -0.4 is 10.1 Å². The van der Waals surface area contributed by atoms with Gasteiger partial charge in [-0.2, -0.15) is 5.10 Å². The zero-order chi connectivity index (χ0) is 24.4. The molecular formula is C27H26N4O4. The standard InChI is InChI=1S/C27H26N4O4/c1-27(26(33)28-16-20-11-6-7-13-24(20)34-2)18-31-23(15-22(29-31)19-9-4-3-5-10-19)25(32)30(27)17-21-12-8-14-35-21/h3-15H,16-18H2,1-2H3,(H,28,33)/t27-/m0/s1. The molecule has 0 aliphatic carbocycles. The van der Waals surface area contributed by atoms with Crippen LogP contribution >= 0.6 is 0 Å². The molecular weight excluding hydrogens is 444 g/mol. The van der Waals surface area contributed by atoms with Crippen molar-refractivity contribution < 1.29 is 18.7 Å². The van der Waals surface area contributed by atoms with Gasteiger partial charge in [0.2, 0.25) is 5.91 Å². The van der Waals surface area contributed by atoms with Crippen molar-refractivity contribution in [1.82, 2.24) is 20.0 Å². The van der Waals surface area contributed by atoms with Crippen LogP contribution in [0.3, 0.4) is 0 Å². The molecule has 0 saturated heterocycles. The monoisotopic (exact) mass is 470 g/mol. The highest BCUT2D eigenvalue weighted by Crippen LogP contribution is 2.31. The molecule has 0 bridgehead atoms. The van der Waals surface area contributed by atoms with Gasteiger partial charge in [-0.15, -0.1) is 0 Å². The van der Waals surface area contributed by atoms with Gasteiger partial charge >= 0.3 is 0 Å². The average Bonchev–Trinajstić information content (AvgIpc) is 3.56. The van der Waals surface area contributed by atoms with Crippen molar-refractivity contribution in [2.75, 3.05) is 7.11 Å². The number of rotatable bonds is 7. The summed E-state index contributed by atoms with van der Waals surface area (Å²) in [4.78, 5) is 28.9. The Morgan fingerprint density at radius 3 is 2.63 bits per heavy atom. The van der Waals surface area contributed by atoms with E-state index >= 15 is 0 Å². The average molecular weight is 471 g/mol. The minimum Gasteiger partial charge on any atom is -0.496 e. The first-order valence-corrected chi connectivity index (χ1v) is 11.4. The summed E-state index contributed by atoms with van der Waals surface area (Å²) in [7, 11) is 1.59. The van der Waals surface area contributed by atoms with E-state index < -0.39 is 5.54 Å². The third-order valence-electron chi connectivity index (χ3n) is 6.38. The molecule has 5 rings (SSSR count). The summed E-state index contributed by atoms with van der Waals surface area (Å²) >= 11 is 0. The number of ether oxygens (including phenoxy) is 1. The van der Waals surface area contributed by atoms with Gasteiger partial charge in [-0.05, 0) is 31.2 Å². The largest absolute Gasteiger partial charge is 0.496 e. The molecule has 1 aliphatic rings. The van der Waals surface area contributed by atoms with Gasteiger partial charge in [0, 0.05) is 17.7 Å². The Labute approximate surface area is 203 Å². The van der Waals surface area contributed by atoms with E-state index in [0.29, 0.717) is 22.9 Å². The van der Waals surface area contributed by atoms with Crippen molar-refractivity contribution in [3.05, 3.63) is 96.1 Å². The van der Waals surface area contributed by atoms with Gasteiger partial charge < -0.3 is 19.4 Å². The van der Waals surface area contributed by atoms with Crippen molar-refractivity contribution in [2.45, 2.75) is 32.1 Å². The number of carbonyl (C=O) groups excluding carboxylic acids is 2. The number of nitrogens with zero attached hydrogens (tertiary/aromatic N) is 3. The van der Waals surface area contributed by atoms with Crippen LogP contribution in [-0.4, -0.2) is 39.1 Å². The molecule has 35 heavy (non-hydrogen) atoms. The minimum atomic E-state index is -1.20. The fourth-order valence-corrected chi connectivity index (χ4v) is 4.41. The molecule has 2 aromatic heterocycles. The fraction of sp³-hybridized carbons (Fsp3) is 0.222. The lowest BCUT2D eigenvalue weighted by Gasteiger charge is -2.42. The van der Waals surface area contributed by atoms with Gasteiger partial charge in [0.25, 0.3) is 5.91 Å². The SMILES string of the molecule is COc1ccccc1CNC(=O)[C@]1(C)Cn2nc(-c3ccccc3)cc2C(=O)N1Cc1ccco1. The predicted molar refractivity (Wildman–Crippen MR) is 129 cm³/mol. The maximum absolute atomic E-state index is 13.7. The Morgan fingerprint density at radius 2 is 1.89 bits per heavy atom. The van der Waals surface area contributed by atoms with E-state index in [-0.39, 0.29) is 31.4 Å². The molecule has 8 heteroatoms. The number of methoxy groups -OCH3 is 1. The number of aromatic nitrogens is 2. The Bertz CT molecular complexity index is 1350. The normalized spacial score (nSPS) is 17.2. The van der Waals surface area contributed by atoms with E-state index in [1.807, 2.05) is 54.6 Å². The van der Waals surface area contributed by atoms with Gasteiger partial charge in [0.15, 0.2) is 0 Å². The fourth-order valence-electron chi connectivity index (χ4n) is 4.41. The number of hydrogen-bond donors (Lipinski definition) is 1. The van der Waals surface area contributed by atoms with Crippen molar-refractivity contribution in [1.29, 1.82) is 0 Å². The number of para-hydroxylation sites is 1. The van der Waals surface area contributed by atoms with Crippen molar-refractivity contribution >= 4 is 11.8 Å². The second kappa shape index (κ2) is 9.13. The lowest BCUT2D eigenvalue weighted by atomic mass is 9.94. The number of fused-ring (bicyclic) bond motifs is 1. The Hall–Kier alpha value is -4.33. The van der Waals surface area contributed by atoms with Crippen molar-refractivity contribution in [3.8, 4) is 17.0 Å². The molecule has 178 valence electrons. The maximum Gasteiger partial charge on any atom is 0.273 e. The van der Waals surface area contributed by atoms with Crippen LogP contribution in [0.2, 0.25) is 0 Å². The minimum absolute atomic E-state index is 0.163. The highest BCUT2D eigenvalue weighted by Gasteiger charge is 2.48. The molecule has 8 nitrogen and oxygen atoms in total. The van der Waals surface area contributed by atoms with Gasteiger partial charge in [0.1, 0.15) is 22.7 Å². The Morgan fingerprint density at radius 1 is 1.11 bits per heavy atom. The van der Waals surface area contributed by atoms with Gasteiger partial charge in [-0.1, -0.05) is 48.5 Å². The van der Waals surface area contributed by atoms with Crippen LogP contribution in [0.5, 0.6) is 5.75 Å². The lowest BCUT2D eigenvalue weighted by Crippen LogP contribution is -2.63. The van der Waals surface area contributed by atoms with Crippen LogP contribution in [0, 0.1) is 0 Å². The molecule has 3 heterocycles. The molecule has 4 aromatic rings. The van der Waals surface area contributed by atoms with E-state index in [1.54, 1.807) is 48.1 Å². The lowest BCUT2D eigenvalue weighted by molar-refractivity contribution is -0.133. The smallest absolute Gasteiger partial charge is 0.273 e. The summed E-state index contributed by atoms with van der Waals surface area (Å²) in [5, 5.41) is 7.67. The van der Waals surface area contributed by atoms with Crippen molar-refractivity contribution in [3.63, 3.8) is 0 Å². The zero-order valence-electron chi connectivity index (χ0n) is 19.6. The summed E-state index contributed by atoms with van der Waals surface area (Å²) in [6, 6.07) is 22.5. The van der Waals surface area contributed by atoms with Crippen LogP contribution in [0.1, 0.15) is 28.7 Å². The summed E-state index contributed by atoms with van der Waals surface area (Å²) in [6.07, 6.45) is 1.56. The molecule has 0 unspecified atom stereocenters. The van der Waals surface area contributed by atoms with Gasteiger partial charge in [0.05, 0.1) is 32.2 Å². The molecule has 0 saturated carbocycles. The number of hydrogen-bond acceptors (Lipinski definition) is 5. The molecule has 0 radical (unpaired) electrons. The molecule has 0 fully saturated rings. The quantitative estimate of drug-likeness (QED) is 0.443. The zero-order valence-corrected chi connectivity index (χ0v) is 19.6. The Kier molecular flexibility index (Phi) is 5.86. The number of carbonyl (C=O) groups is 2. The van der Waals surface area contributed by atoms with Crippen molar-refractivity contribution in [2.24, 2.45) is 0 Å².